The summed E-state index contributed by atoms with van der Waals surface area (Å²) in [5, 5.41) is 4.29. The number of nitrogens with one attached hydrogen (secondary N) is 1. The molecule has 1 aromatic rings. The van der Waals surface area contributed by atoms with Gasteiger partial charge in [-0.3, -0.25) is 0 Å². The molecule has 2 heteroatoms. The van der Waals surface area contributed by atoms with E-state index in [0.717, 1.165) is 11.8 Å². The van der Waals surface area contributed by atoms with E-state index in [-0.39, 0.29) is 0 Å². The highest BCUT2D eigenvalue weighted by atomic mass is 32.2. The molecule has 0 aliphatic carbocycles. The maximum Gasteiger partial charge on any atom is 0.0239 e. The van der Waals surface area contributed by atoms with Crippen molar-refractivity contribution in [3.8, 4) is 0 Å². The zero-order chi connectivity index (χ0) is 11.5. The van der Waals surface area contributed by atoms with Crippen molar-refractivity contribution >= 4 is 11.8 Å². The average Bonchev–Trinajstić information content (AvgIpc) is 2.20. The molecule has 0 radical (unpaired) electrons. The molecule has 0 bridgehead atoms. The van der Waals surface area contributed by atoms with E-state index in [1.54, 1.807) is 0 Å². The molecule has 1 nitrogen and oxygen atoms in total. The van der Waals surface area contributed by atoms with E-state index >= 15 is 0 Å². The molecule has 1 aromatic carbocycles. The molecule has 1 heterocycles. The zero-order valence-corrected chi connectivity index (χ0v) is 11.2. The molecule has 1 saturated heterocycles. The van der Waals surface area contributed by atoms with Gasteiger partial charge >= 0.3 is 0 Å². The van der Waals surface area contributed by atoms with Gasteiger partial charge in [-0.2, -0.15) is 11.8 Å². The molecule has 16 heavy (non-hydrogen) atoms. The van der Waals surface area contributed by atoms with E-state index in [9.17, 15) is 0 Å². The van der Waals surface area contributed by atoms with Crippen LogP contribution in [0.1, 0.15) is 23.6 Å². The number of thioether (sulfide) groups is 1. The molecule has 1 aliphatic rings. The fourth-order valence-electron chi connectivity index (χ4n) is 2.43. The standard InChI is InChI=1S/C14H21NS/c1-10-6-11(2)8-13(7-10)9-14-12(3)15-4-5-16-14/h6-8,12,14-15H,4-5,9H2,1-3H3. The molecule has 2 unspecified atom stereocenters. The molecule has 2 atom stereocenters. The van der Waals surface area contributed by atoms with Gasteiger partial charge in [0.15, 0.2) is 0 Å². The lowest BCUT2D eigenvalue weighted by Crippen LogP contribution is -2.42. The van der Waals surface area contributed by atoms with Crippen molar-refractivity contribution in [2.75, 3.05) is 12.3 Å². The van der Waals surface area contributed by atoms with E-state index in [1.807, 2.05) is 0 Å². The lowest BCUT2D eigenvalue weighted by molar-refractivity contribution is 0.529. The maximum absolute atomic E-state index is 3.56. The number of hydrogen-bond donors (Lipinski definition) is 1. The molecule has 1 aliphatic heterocycles. The van der Waals surface area contributed by atoms with Crippen LogP contribution in [0, 0.1) is 13.8 Å². The third-order valence-corrected chi connectivity index (χ3v) is 4.62. The van der Waals surface area contributed by atoms with Crippen LogP contribution >= 0.6 is 11.8 Å². The lowest BCUT2D eigenvalue weighted by atomic mass is 10.0. The van der Waals surface area contributed by atoms with Gasteiger partial charge in [0.05, 0.1) is 0 Å². The van der Waals surface area contributed by atoms with Crippen LogP contribution < -0.4 is 5.32 Å². The van der Waals surface area contributed by atoms with Gasteiger partial charge in [0, 0.05) is 23.6 Å². The Bertz CT molecular complexity index is 342. The first-order valence-corrected chi connectivity index (χ1v) is 7.12. The van der Waals surface area contributed by atoms with Crippen molar-refractivity contribution in [1.82, 2.24) is 5.32 Å². The summed E-state index contributed by atoms with van der Waals surface area (Å²) in [6, 6.07) is 7.54. The summed E-state index contributed by atoms with van der Waals surface area (Å²) in [5.41, 5.74) is 4.26. The van der Waals surface area contributed by atoms with Crippen molar-refractivity contribution in [3.05, 3.63) is 34.9 Å². The van der Waals surface area contributed by atoms with E-state index in [1.165, 1.54) is 28.9 Å². The van der Waals surface area contributed by atoms with Gasteiger partial charge in [-0.05, 0) is 32.8 Å². The second-order valence-electron chi connectivity index (χ2n) is 4.85. The predicted octanol–water partition coefficient (Wildman–Crippen LogP) is 2.94. The minimum absolute atomic E-state index is 0.638. The van der Waals surface area contributed by atoms with E-state index < -0.39 is 0 Å². The Hall–Kier alpha value is -0.470. The second kappa shape index (κ2) is 5.24. The molecule has 0 amide bonds. The highest BCUT2D eigenvalue weighted by Gasteiger charge is 2.21. The predicted molar refractivity (Wildman–Crippen MR) is 73.3 cm³/mol. The van der Waals surface area contributed by atoms with Gasteiger partial charge in [-0.15, -0.1) is 0 Å². The quantitative estimate of drug-likeness (QED) is 0.846. The zero-order valence-electron chi connectivity index (χ0n) is 10.4. The van der Waals surface area contributed by atoms with Crippen LogP contribution in [0.5, 0.6) is 0 Å². The van der Waals surface area contributed by atoms with Crippen molar-refractivity contribution in [2.24, 2.45) is 0 Å². The van der Waals surface area contributed by atoms with E-state index in [2.05, 4.69) is 56.0 Å². The van der Waals surface area contributed by atoms with Gasteiger partial charge in [0.2, 0.25) is 0 Å². The molecule has 88 valence electrons. The topological polar surface area (TPSA) is 12.0 Å². The van der Waals surface area contributed by atoms with Crippen LogP contribution in [0.2, 0.25) is 0 Å². The largest absolute Gasteiger partial charge is 0.312 e. The summed E-state index contributed by atoms with van der Waals surface area (Å²) < 4.78 is 0. The first-order valence-electron chi connectivity index (χ1n) is 6.07. The van der Waals surface area contributed by atoms with Gasteiger partial charge in [-0.25, -0.2) is 0 Å². The monoisotopic (exact) mass is 235 g/mol. The minimum Gasteiger partial charge on any atom is -0.312 e. The fourth-order valence-corrected chi connectivity index (χ4v) is 3.66. The Morgan fingerprint density at radius 2 is 1.94 bits per heavy atom. The van der Waals surface area contributed by atoms with Crippen LogP contribution in [0.3, 0.4) is 0 Å². The Labute approximate surface area is 103 Å². The van der Waals surface area contributed by atoms with Gasteiger partial charge in [-0.1, -0.05) is 29.3 Å². The van der Waals surface area contributed by atoms with Crippen molar-refractivity contribution in [2.45, 2.75) is 38.5 Å². The first-order chi connectivity index (χ1) is 7.65. The molecule has 1 N–H and O–H groups in total. The summed E-state index contributed by atoms with van der Waals surface area (Å²) in [7, 11) is 0. The third kappa shape index (κ3) is 3.02. The molecule has 2 rings (SSSR count). The molecule has 0 aromatic heterocycles. The normalized spacial score (nSPS) is 25.7. The van der Waals surface area contributed by atoms with Gasteiger partial charge in [0.1, 0.15) is 0 Å². The Balaban J connectivity index is 2.07. The van der Waals surface area contributed by atoms with E-state index in [0.29, 0.717) is 6.04 Å². The SMILES string of the molecule is Cc1cc(C)cc(CC2SCCNC2C)c1. The Morgan fingerprint density at radius 3 is 2.56 bits per heavy atom. The highest BCUT2D eigenvalue weighted by molar-refractivity contribution is 8.00. The third-order valence-electron chi connectivity index (χ3n) is 3.18. The van der Waals surface area contributed by atoms with Crippen molar-refractivity contribution in [1.29, 1.82) is 0 Å². The second-order valence-corrected chi connectivity index (χ2v) is 6.20. The number of rotatable bonds is 2. The van der Waals surface area contributed by atoms with Crippen LogP contribution in [-0.2, 0) is 6.42 Å². The van der Waals surface area contributed by atoms with Crippen LogP contribution in [0.15, 0.2) is 18.2 Å². The summed E-state index contributed by atoms with van der Waals surface area (Å²) in [5.74, 6) is 1.25. The van der Waals surface area contributed by atoms with Gasteiger partial charge < -0.3 is 5.32 Å². The smallest absolute Gasteiger partial charge is 0.0239 e. The summed E-state index contributed by atoms with van der Waals surface area (Å²) >= 11 is 2.12. The van der Waals surface area contributed by atoms with Crippen molar-refractivity contribution < 1.29 is 0 Å². The minimum atomic E-state index is 0.638. The fraction of sp³-hybridized carbons (Fsp3) is 0.571. The number of benzene rings is 1. The average molecular weight is 235 g/mol. The highest BCUT2D eigenvalue weighted by Crippen LogP contribution is 2.23. The Kier molecular flexibility index (Phi) is 3.93. The first kappa shape index (κ1) is 12.0. The van der Waals surface area contributed by atoms with Gasteiger partial charge in [0.25, 0.3) is 0 Å². The molecular formula is C14H21NS. The van der Waals surface area contributed by atoms with Crippen LogP contribution in [-0.4, -0.2) is 23.6 Å². The molecule has 1 fully saturated rings. The maximum atomic E-state index is 3.56. The molecule has 0 saturated carbocycles. The lowest BCUT2D eigenvalue weighted by Gasteiger charge is -2.29. The summed E-state index contributed by atoms with van der Waals surface area (Å²) in [4.78, 5) is 0. The van der Waals surface area contributed by atoms with Crippen LogP contribution in [0.4, 0.5) is 0 Å². The van der Waals surface area contributed by atoms with Crippen molar-refractivity contribution in [3.63, 3.8) is 0 Å². The molecular weight excluding hydrogens is 214 g/mol. The summed E-state index contributed by atoms with van der Waals surface area (Å²) in [6.45, 7) is 7.84. The summed E-state index contributed by atoms with van der Waals surface area (Å²) in [6.07, 6.45) is 1.20. The van der Waals surface area contributed by atoms with Crippen LogP contribution in [0.25, 0.3) is 0 Å². The number of aryl methyl sites for hydroxylation is 2. The number of hydrogen-bond acceptors (Lipinski definition) is 2. The Morgan fingerprint density at radius 1 is 1.25 bits per heavy atom. The van der Waals surface area contributed by atoms with E-state index in [4.69, 9.17) is 0 Å². The molecule has 0 spiro atoms.